The molecule has 26 heavy (non-hydrogen) atoms. The van der Waals surface area contributed by atoms with Gasteiger partial charge in [0.1, 0.15) is 0 Å². The van der Waals surface area contributed by atoms with Gasteiger partial charge in [-0.2, -0.15) is 10.2 Å². The number of rotatable bonds is 7. The number of carboxylic acids is 1. The maximum Gasteiger partial charge on any atom is 0.305 e. The van der Waals surface area contributed by atoms with Crippen molar-refractivity contribution in [3.05, 3.63) is 65.6 Å². The summed E-state index contributed by atoms with van der Waals surface area (Å²) in [4.78, 5) is 22.8. The molecule has 0 atom stereocenters. The molecular formula is C18H19N5O3. The van der Waals surface area contributed by atoms with Gasteiger partial charge in [-0.25, -0.2) is 0 Å². The van der Waals surface area contributed by atoms with Gasteiger partial charge in [0.25, 0.3) is 5.91 Å². The van der Waals surface area contributed by atoms with Crippen molar-refractivity contribution in [1.29, 1.82) is 0 Å². The molecule has 2 aromatic heterocycles. The lowest BCUT2D eigenvalue weighted by Crippen LogP contribution is -2.14. The fraction of sp³-hybridized carbons (Fsp3) is 0.222. The second kappa shape index (κ2) is 7.64. The standard InChI is InChI=1S/C18H19N5O3/c1-13-4-2-3-5-14(13)12-23-10-7-16(21-23)19-18(26)15-6-9-22(20-15)11-8-17(24)25/h2-7,9-10H,8,11-12H2,1H3,(H,24,25)(H,19,21,26). The number of carbonyl (C=O) groups is 2. The number of carbonyl (C=O) groups excluding carboxylic acids is 1. The number of benzene rings is 1. The van der Waals surface area contributed by atoms with Crippen molar-refractivity contribution < 1.29 is 14.7 Å². The van der Waals surface area contributed by atoms with Gasteiger partial charge in [0.15, 0.2) is 11.5 Å². The lowest BCUT2D eigenvalue weighted by Gasteiger charge is -2.05. The van der Waals surface area contributed by atoms with Gasteiger partial charge in [-0.15, -0.1) is 0 Å². The topological polar surface area (TPSA) is 102 Å². The molecule has 2 heterocycles. The summed E-state index contributed by atoms with van der Waals surface area (Å²) in [7, 11) is 0. The van der Waals surface area contributed by atoms with Gasteiger partial charge in [0.2, 0.25) is 0 Å². The van der Waals surface area contributed by atoms with E-state index in [4.69, 9.17) is 5.11 Å². The van der Waals surface area contributed by atoms with Crippen LogP contribution < -0.4 is 5.32 Å². The molecule has 0 aliphatic carbocycles. The number of nitrogens with zero attached hydrogens (tertiary/aromatic N) is 4. The third kappa shape index (κ3) is 4.35. The maximum absolute atomic E-state index is 12.2. The van der Waals surface area contributed by atoms with E-state index in [9.17, 15) is 9.59 Å². The Balaban J connectivity index is 1.61. The van der Waals surface area contributed by atoms with Crippen molar-refractivity contribution in [2.75, 3.05) is 5.32 Å². The average Bonchev–Trinajstić information content (AvgIpc) is 3.24. The van der Waals surface area contributed by atoms with E-state index in [0.717, 1.165) is 5.56 Å². The van der Waals surface area contributed by atoms with Crippen LogP contribution in [-0.2, 0) is 17.9 Å². The number of aryl methyl sites for hydroxylation is 2. The van der Waals surface area contributed by atoms with Crippen LogP contribution in [0.15, 0.2) is 48.8 Å². The highest BCUT2D eigenvalue weighted by Crippen LogP contribution is 2.11. The fourth-order valence-electron chi connectivity index (χ4n) is 2.48. The monoisotopic (exact) mass is 353 g/mol. The van der Waals surface area contributed by atoms with Crippen molar-refractivity contribution in [2.45, 2.75) is 26.4 Å². The second-order valence-corrected chi connectivity index (χ2v) is 5.89. The highest BCUT2D eigenvalue weighted by Gasteiger charge is 2.12. The van der Waals surface area contributed by atoms with Gasteiger partial charge in [-0.3, -0.25) is 19.0 Å². The van der Waals surface area contributed by atoms with Gasteiger partial charge in [-0.1, -0.05) is 24.3 Å². The Morgan fingerprint density at radius 2 is 1.85 bits per heavy atom. The highest BCUT2D eigenvalue weighted by molar-refractivity contribution is 6.02. The van der Waals surface area contributed by atoms with Crippen LogP contribution in [0.5, 0.6) is 0 Å². The Labute approximate surface area is 150 Å². The minimum absolute atomic E-state index is 0.0496. The van der Waals surface area contributed by atoms with Crippen molar-refractivity contribution in [1.82, 2.24) is 19.6 Å². The van der Waals surface area contributed by atoms with Crippen LogP contribution in [0.25, 0.3) is 0 Å². The van der Waals surface area contributed by atoms with E-state index in [0.29, 0.717) is 12.4 Å². The summed E-state index contributed by atoms with van der Waals surface area (Å²) in [6, 6.07) is 11.3. The molecule has 134 valence electrons. The van der Waals surface area contributed by atoms with Crippen LogP contribution in [0.1, 0.15) is 28.0 Å². The average molecular weight is 353 g/mol. The summed E-state index contributed by atoms with van der Waals surface area (Å²) in [5, 5.41) is 19.8. The van der Waals surface area contributed by atoms with Crippen molar-refractivity contribution in [3.8, 4) is 0 Å². The van der Waals surface area contributed by atoms with E-state index in [1.54, 1.807) is 29.2 Å². The highest BCUT2D eigenvalue weighted by atomic mass is 16.4. The second-order valence-electron chi connectivity index (χ2n) is 5.89. The number of nitrogens with one attached hydrogen (secondary N) is 1. The first-order valence-corrected chi connectivity index (χ1v) is 8.16. The van der Waals surface area contributed by atoms with Gasteiger partial charge in [-0.05, 0) is 24.1 Å². The lowest BCUT2D eigenvalue weighted by atomic mass is 10.1. The molecule has 1 aromatic carbocycles. The van der Waals surface area contributed by atoms with E-state index >= 15 is 0 Å². The van der Waals surface area contributed by atoms with Crippen LogP contribution in [0, 0.1) is 6.92 Å². The smallest absolute Gasteiger partial charge is 0.305 e. The molecule has 0 aliphatic heterocycles. The Hall–Kier alpha value is -3.42. The minimum atomic E-state index is -0.911. The number of aliphatic carboxylic acids is 1. The van der Waals surface area contributed by atoms with Crippen LogP contribution in [0.3, 0.4) is 0 Å². The summed E-state index contributed by atoms with van der Waals surface area (Å²) >= 11 is 0. The third-order valence-corrected chi connectivity index (χ3v) is 3.90. The molecule has 0 saturated heterocycles. The minimum Gasteiger partial charge on any atom is -0.481 e. The van der Waals surface area contributed by atoms with Gasteiger partial charge < -0.3 is 10.4 Å². The van der Waals surface area contributed by atoms with E-state index < -0.39 is 5.97 Å². The molecule has 0 saturated carbocycles. The normalized spacial score (nSPS) is 10.7. The maximum atomic E-state index is 12.2. The Bertz CT molecular complexity index is 928. The largest absolute Gasteiger partial charge is 0.481 e. The molecule has 8 nitrogen and oxygen atoms in total. The Morgan fingerprint density at radius 1 is 1.08 bits per heavy atom. The zero-order chi connectivity index (χ0) is 18.5. The molecule has 0 fully saturated rings. The molecule has 2 N–H and O–H groups in total. The Kier molecular flexibility index (Phi) is 5.12. The third-order valence-electron chi connectivity index (χ3n) is 3.90. The first-order chi connectivity index (χ1) is 12.5. The number of anilines is 1. The number of hydrogen-bond donors (Lipinski definition) is 2. The molecule has 0 spiro atoms. The molecule has 0 radical (unpaired) electrons. The molecule has 0 unspecified atom stereocenters. The Morgan fingerprint density at radius 3 is 2.62 bits per heavy atom. The van der Waals surface area contributed by atoms with E-state index in [2.05, 4.69) is 15.5 Å². The van der Waals surface area contributed by atoms with Gasteiger partial charge >= 0.3 is 5.97 Å². The predicted molar refractivity (Wildman–Crippen MR) is 94.9 cm³/mol. The van der Waals surface area contributed by atoms with E-state index in [-0.39, 0.29) is 24.6 Å². The predicted octanol–water partition coefficient (Wildman–Crippen LogP) is 2.16. The molecule has 1 amide bonds. The quantitative estimate of drug-likeness (QED) is 0.678. The van der Waals surface area contributed by atoms with Crippen molar-refractivity contribution >= 4 is 17.7 Å². The molecule has 0 bridgehead atoms. The van der Waals surface area contributed by atoms with E-state index in [1.807, 2.05) is 31.2 Å². The number of amides is 1. The number of aromatic nitrogens is 4. The summed E-state index contributed by atoms with van der Waals surface area (Å²) < 4.78 is 3.18. The molecule has 3 aromatic rings. The summed E-state index contributed by atoms with van der Waals surface area (Å²) in [5.74, 6) is -0.866. The van der Waals surface area contributed by atoms with Crippen molar-refractivity contribution in [3.63, 3.8) is 0 Å². The molecule has 3 rings (SSSR count). The molecule has 0 aliphatic rings. The number of carboxylic acid groups (broad SMARTS) is 1. The van der Waals surface area contributed by atoms with Crippen LogP contribution in [0.4, 0.5) is 5.82 Å². The lowest BCUT2D eigenvalue weighted by molar-refractivity contribution is -0.137. The van der Waals surface area contributed by atoms with Crippen molar-refractivity contribution in [2.24, 2.45) is 0 Å². The van der Waals surface area contributed by atoms with Crippen LogP contribution in [-0.4, -0.2) is 36.5 Å². The fourth-order valence-corrected chi connectivity index (χ4v) is 2.48. The van der Waals surface area contributed by atoms with Crippen LogP contribution in [0.2, 0.25) is 0 Å². The molecule has 8 heteroatoms. The number of hydrogen-bond acceptors (Lipinski definition) is 4. The summed E-state index contributed by atoms with van der Waals surface area (Å²) in [6.07, 6.45) is 3.33. The SMILES string of the molecule is Cc1ccccc1Cn1ccc(NC(=O)c2ccn(CCC(=O)O)n2)n1. The zero-order valence-corrected chi connectivity index (χ0v) is 14.3. The van der Waals surface area contributed by atoms with E-state index in [1.165, 1.54) is 10.2 Å². The van der Waals surface area contributed by atoms with Gasteiger partial charge in [0, 0.05) is 18.5 Å². The first-order valence-electron chi connectivity index (χ1n) is 8.16. The van der Waals surface area contributed by atoms with Crippen LogP contribution >= 0.6 is 0 Å². The van der Waals surface area contributed by atoms with Gasteiger partial charge in [0.05, 0.1) is 19.5 Å². The molecular weight excluding hydrogens is 334 g/mol. The summed E-state index contributed by atoms with van der Waals surface area (Å²) in [6.45, 7) is 2.88. The summed E-state index contributed by atoms with van der Waals surface area (Å²) in [5.41, 5.74) is 2.55. The first kappa shape index (κ1) is 17.4. The zero-order valence-electron chi connectivity index (χ0n) is 14.3.